The maximum Gasteiger partial charge on any atom is 0.326 e. The molecule has 41 heavy (non-hydrogen) atoms. The normalized spacial score (nSPS) is 19.9. The standard InChI is InChI=1S/C28H50N6O7/c1-16(2)11-12-21(35)33(9)28(40)34(10)23(24-18(5)14-19(6)41-24)26(38)30-27(39)31(7)15-22(36)32(8)20(25(29)37)13-17(3)4/h16-20,23-24H,11-15H2,1-10H3,(H2,29,37)(H,30,38,39)/t18-,19?,20+,23+,24?/m1/s1. The highest BCUT2D eigenvalue weighted by atomic mass is 16.5. The van der Waals surface area contributed by atoms with Gasteiger partial charge in [0.05, 0.1) is 12.2 Å². The summed E-state index contributed by atoms with van der Waals surface area (Å²) in [5.74, 6) is -2.11. The monoisotopic (exact) mass is 582 g/mol. The van der Waals surface area contributed by atoms with Crippen molar-refractivity contribution in [3.8, 4) is 0 Å². The first-order valence-corrected chi connectivity index (χ1v) is 14.2. The molecule has 1 heterocycles. The van der Waals surface area contributed by atoms with E-state index in [2.05, 4.69) is 5.32 Å². The van der Waals surface area contributed by atoms with Crippen molar-refractivity contribution in [2.24, 2.45) is 23.5 Å². The van der Waals surface area contributed by atoms with Gasteiger partial charge in [-0.25, -0.2) is 9.59 Å². The van der Waals surface area contributed by atoms with Gasteiger partial charge >= 0.3 is 12.1 Å². The molecule has 13 nitrogen and oxygen atoms in total. The number of carbonyl (C=O) groups is 6. The van der Waals surface area contributed by atoms with E-state index in [0.29, 0.717) is 19.3 Å². The molecule has 1 fully saturated rings. The predicted octanol–water partition coefficient (Wildman–Crippen LogP) is 1.64. The van der Waals surface area contributed by atoms with Gasteiger partial charge in [0.25, 0.3) is 5.91 Å². The lowest BCUT2D eigenvalue weighted by Gasteiger charge is -2.35. The number of carbonyl (C=O) groups excluding carboxylic acids is 6. The number of amides is 8. The zero-order valence-corrected chi connectivity index (χ0v) is 26.3. The molecule has 0 aromatic carbocycles. The van der Waals surface area contributed by atoms with Gasteiger partial charge in [0.15, 0.2) is 0 Å². The largest absolute Gasteiger partial charge is 0.372 e. The van der Waals surface area contributed by atoms with E-state index >= 15 is 0 Å². The molecule has 234 valence electrons. The summed E-state index contributed by atoms with van der Waals surface area (Å²) in [5, 5.41) is 2.27. The van der Waals surface area contributed by atoms with Crippen molar-refractivity contribution in [2.45, 2.75) is 91.5 Å². The number of nitrogens with one attached hydrogen (secondary N) is 1. The Kier molecular flexibility index (Phi) is 13.7. The van der Waals surface area contributed by atoms with E-state index in [1.165, 1.54) is 33.1 Å². The number of hydrogen-bond acceptors (Lipinski definition) is 7. The van der Waals surface area contributed by atoms with E-state index in [0.717, 1.165) is 14.7 Å². The fourth-order valence-corrected chi connectivity index (χ4v) is 4.84. The molecule has 8 amide bonds. The molecule has 0 bridgehead atoms. The van der Waals surface area contributed by atoms with Crippen molar-refractivity contribution in [2.75, 3.05) is 34.7 Å². The molecule has 0 saturated carbocycles. The molecule has 1 aliphatic rings. The van der Waals surface area contributed by atoms with Crippen molar-refractivity contribution < 1.29 is 33.5 Å². The summed E-state index contributed by atoms with van der Waals surface area (Å²) in [7, 11) is 5.52. The Morgan fingerprint density at radius 3 is 1.95 bits per heavy atom. The second-order valence-electron chi connectivity index (χ2n) is 12.1. The van der Waals surface area contributed by atoms with Crippen molar-refractivity contribution in [3.63, 3.8) is 0 Å². The van der Waals surface area contributed by atoms with Gasteiger partial charge in [0.1, 0.15) is 18.6 Å². The Hall–Kier alpha value is -3.22. The minimum absolute atomic E-state index is 0.102. The minimum atomic E-state index is -1.22. The third kappa shape index (κ3) is 10.3. The molecule has 1 saturated heterocycles. The van der Waals surface area contributed by atoms with Crippen LogP contribution in [-0.4, -0.2) is 114 Å². The van der Waals surface area contributed by atoms with E-state index < -0.39 is 54.5 Å². The Balaban J connectivity index is 3.06. The van der Waals surface area contributed by atoms with Crippen molar-refractivity contribution >= 4 is 35.7 Å². The summed E-state index contributed by atoms with van der Waals surface area (Å²) < 4.78 is 5.98. The van der Waals surface area contributed by atoms with Crippen molar-refractivity contribution in [1.29, 1.82) is 0 Å². The van der Waals surface area contributed by atoms with Gasteiger partial charge in [-0.3, -0.25) is 29.4 Å². The Labute approximate surface area is 244 Å². The quantitative estimate of drug-likeness (QED) is 0.353. The number of ether oxygens (including phenoxy) is 1. The Morgan fingerprint density at radius 2 is 1.49 bits per heavy atom. The predicted molar refractivity (Wildman–Crippen MR) is 153 cm³/mol. The van der Waals surface area contributed by atoms with Crippen LogP contribution in [0.1, 0.15) is 67.2 Å². The highest BCUT2D eigenvalue weighted by Crippen LogP contribution is 2.30. The first kappa shape index (κ1) is 35.8. The summed E-state index contributed by atoms with van der Waals surface area (Å²) in [4.78, 5) is 81.4. The summed E-state index contributed by atoms with van der Waals surface area (Å²) in [6.07, 6.45) is 0.895. The topological polar surface area (TPSA) is 163 Å². The van der Waals surface area contributed by atoms with Gasteiger partial charge in [-0.05, 0) is 43.9 Å². The van der Waals surface area contributed by atoms with Gasteiger partial charge in [0, 0.05) is 34.6 Å². The maximum atomic E-state index is 13.5. The van der Waals surface area contributed by atoms with Crippen molar-refractivity contribution in [3.05, 3.63) is 0 Å². The van der Waals surface area contributed by atoms with Crippen LogP contribution in [0.2, 0.25) is 0 Å². The lowest BCUT2D eigenvalue weighted by Crippen LogP contribution is -2.60. The lowest BCUT2D eigenvalue weighted by molar-refractivity contribution is -0.138. The van der Waals surface area contributed by atoms with Crippen LogP contribution in [0.15, 0.2) is 0 Å². The van der Waals surface area contributed by atoms with Crippen LogP contribution in [0.25, 0.3) is 0 Å². The molecule has 0 radical (unpaired) electrons. The highest BCUT2D eigenvalue weighted by Gasteiger charge is 2.44. The van der Waals surface area contributed by atoms with Crippen molar-refractivity contribution in [1.82, 2.24) is 24.9 Å². The van der Waals surface area contributed by atoms with Gasteiger partial charge in [-0.15, -0.1) is 0 Å². The number of rotatable bonds is 12. The van der Waals surface area contributed by atoms with Crippen LogP contribution in [-0.2, 0) is 23.9 Å². The summed E-state index contributed by atoms with van der Waals surface area (Å²) >= 11 is 0. The number of primary amides is 1. The van der Waals surface area contributed by atoms with Gasteiger partial charge < -0.3 is 25.2 Å². The highest BCUT2D eigenvalue weighted by molar-refractivity contribution is 6.01. The molecule has 0 aliphatic carbocycles. The first-order valence-electron chi connectivity index (χ1n) is 14.2. The van der Waals surface area contributed by atoms with Crippen LogP contribution < -0.4 is 11.1 Å². The Bertz CT molecular complexity index is 972. The number of hydrogen-bond donors (Lipinski definition) is 2. The molecule has 0 aromatic heterocycles. The summed E-state index contributed by atoms with van der Waals surface area (Å²) in [5.41, 5.74) is 5.48. The van der Waals surface area contributed by atoms with Crippen LogP contribution in [0, 0.1) is 17.8 Å². The molecule has 2 unspecified atom stereocenters. The van der Waals surface area contributed by atoms with Crippen LogP contribution in [0.5, 0.6) is 0 Å². The second kappa shape index (κ2) is 15.7. The fourth-order valence-electron chi connectivity index (χ4n) is 4.84. The van der Waals surface area contributed by atoms with E-state index in [1.54, 1.807) is 0 Å². The number of imide groups is 2. The average molecular weight is 583 g/mol. The van der Waals surface area contributed by atoms with Gasteiger partial charge in [0.2, 0.25) is 17.7 Å². The van der Waals surface area contributed by atoms with Crippen LogP contribution >= 0.6 is 0 Å². The third-order valence-electron chi connectivity index (χ3n) is 7.38. The lowest BCUT2D eigenvalue weighted by atomic mass is 9.95. The molecule has 1 rings (SSSR count). The van der Waals surface area contributed by atoms with Gasteiger partial charge in [-0.1, -0.05) is 34.6 Å². The van der Waals surface area contributed by atoms with Crippen LogP contribution in [0.3, 0.4) is 0 Å². The molecule has 0 spiro atoms. The van der Waals surface area contributed by atoms with Crippen LogP contribution in [0.4, 0.5) is 9.59 Å². The Morgan fingerprint density at radius 1 is 0.902 bits per heavy atom. The molecule has 1 aliphatic heterocycles. The van der Waals surface area contributed by atoms with E-state index in [1.807, 2.05) is 41.5 Å². The number of nitrogens with two attached hydrogens (primary N) is 1. The van der Waals surface area contributed by atoms with E-state index in [4.69, 9.17) is 10.5 Å². The molecular weight excluding hydrogens is 532 g/mol. The average Bonchev–Trinajstić information content (AvgIpc) is 3.20. The molecule has 3 N–H and O–H groups in total. The zero-order chi connectivity index (χ0) is 31.8. The zero-order valence-electron chi connectivity index (χ0n) is 26.3. The van der Waals surface area contributed by atoms with Gasteiger partial charge in [-0.2, -0.15) is 0 Å². The van der Waals surface area contributed by atoms with E-state index in [9.17, 15) is 28.8 Å². The number of urea groups is 2. The fraction of sp³-hybridized carbons (Fsp3) is 0.786. The third-order valence-corrected chi connectivity index (χ3v) is 7.38. The molecule has 0 aromatic rings. The summed E-state index contributed by atoms with van der Waals surface area (Å²) in [6.45, 7) is 11.1. The SMILES string of the molecule is CC(C)CCC(=O)N(C)C(=O)N(C)[C@H](C(=O)NC(=O)N(C)CC(=O)N(C)[C@@H](CC(C)C)C(N)=O)C1OC(C)C[C@H]1C. The first-order chi connectivity index (χ1) is 18.9. The number of nitrogens with zero attached hydrogens (tertiary/aromatic N) is 4. The summed E-state index contributed by atoms with van der Waals surface area (Å²) in [6, 6.07) is -3.63. The molecular formula is C28H50N6O7. The minimum Gasteiger partial charge on any atom is -0.372 e. The molecule has 13 heteroatoms. The second-order valence-corrected chi connectivity index (χ2v) is 12.1. The number of likely N-dealkylation sites (N-methyl/N-ethyl adjacent to an activating group) is 3. The molecule has 5 atom stereocenters. The maximum absolute atomic E-state index is 13.5. The smallest absolute Gasteiger partial charge is 0.326 e. The van der Waals surface area contributed by atoms with E-state index in [-0.39, 0.29) is 36.2 Å².